The van der Waals surface area contributed by atoms with Crippen LogP contribution in [0.15, 0.2) is 36.4 Å². The van der Waals surface area contributed by atoms with E-state index in [1.165, 1.54) is 23.1 Å². The number of anilines is 2. The maximum atomic E-state index is 13.3. The minimum Gasteiger partial charge on any atom is -0.426 e. The number of hydrogen-bond donors (Lipinski definition) is 1. The number of carbonyl (C=O) groups excluding carboxylic acids is 3. The second kappa shape index (κ2) is 7.61. The molecule has 9 nitrogen and oxygen atoms in total. The van der Waals surface area contributed by atoms with Crippen molar-refractivity contribution in [1.82, 2.24) is 4.90 Å². The number of rotatable bonds is 2. The van der Waals surface area contributed by atoms with E-state index in [1.54, 1.807) is 18.2 Å². The SMILES string of the molecule is C[C@@H]1CN(C(=O)C(=O)Nc2ccc3c(c2)OC(=O)C3)CCN1c1ccc2c(c1)OC(F)(F)O2. The van der Waals surface area contributed by atoms with Crippen LogP contribution in [-0.2, 0) is 20.8 Å². The second-order valence-electron chi connectivity index (χ2n) is 8.02. The molecule has 11 heteroatoms. The zero-order valence-corrected chi connectivity index (χ0v) is 17.5. The summed E-state index contributed by atoms with van der Waals surface area (Å²) in [6.07, 6.45) is -3.51. The maximum Gasteiger partial charge on any atom is 0.586 e. The lowest BCUT2D eigenvalue weighted by molar-refractivity contribution is -0.286. The van der Waals surface area contributed by atoms with Crippen LogP contribution < -0.4 is 24.4 Å². The lowest BCUT2D eigenvalue weighted by atomic mass is 10.1. The largest absolute Gasteiger partial charge is 0.586 e. The molecular formula is C22H19F2N3O6. The molecule has 3 aliphatic rings. The van der Waals surface area contributed by atoms with Gasteiger partial charge in [0.25, 0.3) is 0 Å². The highest BCUT2D eigenvalue weighted by Crippen LogP contribution is 2.43. The first-order chi connectivity index (χ1) is 15.7. The van der Waals surface area contributed by atoms with Crippen molar-refractivity contribution in [2.45, 2.75) is 25.7 Å². The number of fused-ring (bicyclic) bond motifs is 2. The average molecular weight is 459 g/mol. The van der Waals surface area contributed by atoms with Gasteiger partial charge in [-0.3, -0.25) is 14.4 Å². The van der Waals surface area contributed by atoms with Crippen molar-refractivity contribution >= 4 is 29.2 Å². The quantitative estimate of drug-likeness (QED) is 0.418. The van der Waals surface area contributed by atoms with Gasteiger partial charge in [-0.05, 0) is 25.1 Å². The third-order valence-corrected chi connectivity index (χ3v) is 5.71. The molecule has 3 heterocycles. The molecule has 2 amide bonds. The fourth-order valence-electron chi connectivity index (χ4n) is 4.16. The predicted molar refractivity (Wildman–Crippen MR) is 110 cm³/mol. The highest BCUT2D eigenvalue weighted by atomic mass is 19.3. The number of amides is 2. The molecule has 0 aliphatic carbocycles. The van der Waals surface area contributed by atoms with Crippen LogP contribution in [0, 0.1) is 0 Å². The summed E-state index contributed by atoms with van der Waals surface area (Å²) in [7, 11) is 0. The van der Waals surface area contributed by atoms with Gasteiger partial charge in [0.1, 0.15) is 5.75 Å². The van der Waals surface area contributed by atoms with Crippen molar-refractivity contribution in [3.05, 3.63) is 42.0 Å². The number of piperazine rings is 1. The fourth-order valence-corrected chi connectivity index (χ4v) is 4.16. The van der Waals surface area contributed by atoms with Crippen molar-refractivity contribution in [3.8, 4) is 17.2 Å². The van der Waals surface area contributed by atoms with E-state index in [2.05, 4.69) is 14.8 Å². The molecule has 0 radical (unpaired) electrons. The number of esters is 1. The van der Waals surface area contributed by atoms with Crippen LogP contribution in [0.25, 0.3) is 0 Å². The second-order valence-corrected chi connectivity index (χ2v) is 8.02. The summed E-state index contributed by atoms with van der Waals surface area (Å²) in [5.74, 6) is -1.58. The fraction of sp³-hybridized carbons (Fsp3) is 0.318. The molecule has 1 atom stereocenters. The third kappa shape index (κ3) is 4.01. The van der Waals surface area contributed by atoms with Crippen molar-refractivity contribution in [2.24, 2.45) is 0 Å². The molecule has 1 N–H and O–H groups in total. The Morgan fingerprint density at radius 2 is 1.85 bits per heavy atom. The smallest absolute Gasteiger partial charge is 0.426 e. The van der Waals surface area contributed by atoms with Crippen molar-refractivity contribution in [3.63, 3.8) is 0 Å². The maximum absolute atomic E-state index is 13.3. The van der Waals surface area contributed by atoms with Crippen LogP contribution >= 0.6 is 0 Å². The zero-order chi connectivity index (χ0) is 23.3. The molecule has 0 unspecified atom stereocenters. The van der Waals surface area contributed by atoms with Gasteiger partial charge in [-0.25, -0.2) is 0 Å². The first-order valence-corrected chi connectivity index (χ1v) is 10.3. The van der Waals surface area contributed by atoms with E-state index in [4.69, 9.17) is 4.74 Å². The average Bonchev–Trinajstić information content (AvgIpc) is 3.28. The summed E-state index contributed by atoms with van der Waals surface area (Å²) < 4.78 is 40.6. The number of nitrogens with one attached hydrogen (secondary N) is 1. The van der Waals surface area contributed by atoms with E-state index in [0.717, 1.165) is 5.56 Å². The third-order valence-electron chi connectivity index (χ3n) is 5.71. The Bertz CT molecular complexity index is 1170. The lowest BCUT2D eigenvalue weighted by Gasteiger charge is -2.41. The van der Waals surface area contributed by atoms with Crippen LogP contribution in [0.1, 0.15) is 12.5 Å². The predicted octanol–water partition coefficient (Wildman–Crippen LogP) is 2.15. The first kappa shape index (κ1) is 21.0. The molecule has 172 valence electrons. The van der Waals surface area contributed by atoms with Crippen molar-refractivity contribution < 1.29 is 37.4 Å². The van der Waals surface area contributed by atoms with Gasteiger partial charge >= 0.3 is 24.1 Å². The van der Waals surface area contributed by atoms with Gasteiger partial charge in [0.05, 0.1) is 6.42 Å². The molecule has 3 aliphatic heterocycles. The molecule has 5 rings (SSSR count). The van der Waals surface area contributed by atoms with E-state index in [1.807, 2.05) is 11.8 Å². The monoisotopic (exact) mass is 459 g/mol. The Morgan fingerprint density at radius 3 is 2.64 bits per heavy atom. The van der Waals surface area contributed by atoms with Crippen LogP contribution in [0.2, 0.25) is 0 Å². The summed E-state index contributed by atoms with van der Waals surface area (Å²) in [5, 5.41) is 2.54. The van der Waals surface area contributed by atoms with Crippen LogP contribution in [0.3, 0.4) is 0 Å². The Hall–Kier alpha value is -3.89. The summed E-state index contributed by atoms with van der Waals surface area (Å²) in [5.41, 5.74) is 1.72. The summed E-state index contributed by atoms with van der Waals surface area (Å²) in [6, 6.07) is 9.13. The van der Waals surface area contributed by atoms with E-state index < -0.39 is 18.1 Å². The minimum absolute atomic E-state index is 0.0387. The Kier molecular flexibility index (Phi) is 4.84. The normalized spacial score (nSPS) is 20.3. The number of nitrogens with zero attached hydrogens (tertiary/aromatic N) is 2. The highest BCUT2D eigenvalue weighted by Gasteiger charge is 2.43. The lowest BCUT2D eigenvalue weighted by Crippen LogP contribution is -2.55. The molecular weight excluding hydrogens is 440 g/mol. The molecule has 0 bridgehead atoms. The van der Waals surface area contributed by atoms with Crippen LogP contribution in [-0.4, -0.2) is 54.7 Å². The molecule has 0 spiro atoms. The van der Waals surface area contributed by atoms with Gasteiger partial charge < -0.3 is 29.3 Å². The van der Waals surface area contributed by atoms with E-state index in [9.17, 15) is 23.2 Å². The molecule has 0 saturated carbocycles. The van der Waals surface area contributed by atoms with Gasteiger partial charge in [-0.2, -0.15) is 0 Å². The van der Waals surface area contributed by atoms with Crippen LogP contribution in [0.5, 0.6) is 17.2 Å². The number of halogens is 2. The standard InChI is InChI=1S/C22H19F2N3O6/c1-12-11-26(6-7-27(12)15-4-5-16-18(10-15)33-22(23,24)32-16)21(30)20(29)25-14-3-2-13-8-19(28)31-17(13)9-14/h2-5,9-10,12H,6-8,11H2,1H3,(H,25,29)/t12-/m1/s1. The molecule has 0 aromatic heterocycles. The first-order valence-electron chi connectivity index (χ1n) is 10.3. The minimum atomic E-state index is -3.69. The molecule has 1 saturated heterocycles. The Morgan fingerprint density at radius 1 is 1.06 bits per heavy atom. The van der Waals surface area contributed by atoms with E-state index in [-0.39, 0.29) is 43.0 Å². The summed E-state index contributed by atoms with van der Waals surface area (Å²) >= 11 is 0. The number of carbonyl (C=O) groups is 3. The Labute approximate surface area is 186 Å². The van der Waals surface area contributed by atoms with Gasteiger partial charge in [0.2, 0.25) is 0 Å². The molecule has 1 fully saturated rings. The van der Waals surface area contributed by atoms with E-state index in [0.29, 0.717) is 23.7 Å². The van der Waals surface area contributed by atoms with E-state index >= 15 is 0 Å². The Balaban J connectivity index is 1.21. The summed E-state index contributed by atoms with van der Waals surface area (Å²) in [6.45, 7) is 2.79. The van der Waals surface area contributed by atoms with Crippen molar-refractivity contribution in [1.29, 1.82) is 0 Å². The number of ether oxygens (including phenoxy) is 3. The number of hydrogen-bond acceptors (Lipinski definition) is 7. The van der Waals surface area contributed by atoms with Gasteiger partial charge in [0.15, 0.2) is 11.5 Å². The molecule has 2 aromatic carbocycles. The van der Waals surface area contributed by atoms with Crippen molar-refractivity contribution in [2.75, 3.05) is 29.9 Å². The van der Waals surface area contributed by atoms with Gasteiger partial charge in [0, 0.05) is 54.7 Å². The van der Waals surface area contributed by atoms with Gasteiger partial charge in [-0.1, -0.05) is 6.07 Å². The topological polar surface area (TPSA) is 97.4 Å². The number of alkyl halides is 2. The van der Waals surface area contributed by atoms with Crippen LogP contribution in [0.4, 0.5) is 20.2 Å². The molecule has 2 aromatic rings. The molecule has 33 heavy (non-hydrogen) atoms. The van der Waals surface area contributed by atoms with Gasteiger partial charge in [-0.15, -0.1) is 8.78 Å². The zero-order valence-electron chi connectivity index (χ0n) is 17.5. The highest BCUT2D eigenvalue weighted by molar-refractivity contribution is 6.39. The number of benzene rings is 2. The summed E-state index contributed by atoms with van der Waals surface area (Å²) in [4.78, 5) is 39.9.